The van der Waals surface area contributed by atoms with Gasteiger partial charge in [0, 0.05) is 68.7 Å². The third-order valence-corrected chi connectivity index (χ3v) is 11.1. The fourth-order valence-electron chi connectivity index (χ4n) is 8.07. The highest BCUT2D eigenvalue weighted by atomic mass is 19.1. The van der Waals surface area contributed by atoms with E-state index in [9.17, 15) is 19.1 Å². The summed E-state index contributed by atoms with van der Waals surface area (Å²) in [7, 11) is 1.54. The molecule has 1 unspecified atom stereocenters. The van der Waals surface area contributed by atoms with Crippen molar-refractivity contribution in [2.45, 2.75) is 52.5 Å². The Bertz CT molecular complexity index is 1660. The molecule has 3 aliphatic heterocycles. The minimum atomic E-state index is -0.830. The van der Waals surface area contributed by atoms with Crippen molar-refractivity contribution in [3.8, 4) is 11.5 Å². The summed E-state index contributed by atoms with van der Waals surface area (Å²) in [5.74, 6) is -1.04. The number of phenols is 1. The fraction of sp³-hybridized carbons (Fsp3) is 0.474. The Labute approximate surface area is 281 Å². The number of benzene rings is 3. The van der Waals surface area contributed by atoms with Gasteiger partial charge in [-0.3, -0.25) is 19.4 Å². The van der Waals surface area contributed by atoms with Gasteiger partial charge >= 0.3 is 0 Å². The molecule has 0 aromatic heterocycles. The normalized spacial score (nSPS) is 20.2. The second kappa shape index (κ2) is 13.7. The lowest BCUT2D eigenvalue weighted by Crippen LogP contribution is -2.63. The summed E-state index contributed by atoms with van der Waals surface area (Å²) in [5.41, 5.74) is 3.12. The first kappa shape index (κ1) is 33.7. The van der Waals surface area contributed by atoms with Crippen molar-refractivity contribution in [3.63, 3.8) is 0 Å². The first-order chi connectivity index (χ1) is 23.1. The highest BCUT2D eigenvalue weighted by Crippen LogP contribution is 2.59. The summed E-state index contributed by atoms with van der Waals surface area (Å²) in [6.45, 7) is 12.1. The predicted octanol–water partition coefficient (Wildman–Crippen LogP) is 6.73. The molecule has 0 saturated carbocycles. The van der Waals surface area contributed by atoms with E-state index in [1.54, 1.807) is 6.07 Å². The number of para-hydroxylation sites is 1. The Kier molecular flexibility index (Phi) is 9.65. The second-order valence-electron chi connectivity index (χ2n) is 13.5. The van der Waals surface area contributed by atoms with E-state index < -0.39 is 23.0 Å². The topological polar surface area (TPSA) is 76.6 Å². The number of piperidine rings is 1. The van der Waals surface area contributed by atoms with Gasteiger partial charge in [0.2, 0.25) is 5.91 Å². The third kappa shape index (κ3) is 5.88. The number of hydrogen-bond donors (Lipinski definition) is 1. The largest absolute Gasteiger partial charge is 0.503 e. The minimum Gasteiger partial charge on any atom is -0.503 e. The smallest absolute Gasteiger partial charge is 0.236 e. The van der Waals surface area contributed by atoms with E-state index in [-0.39, 0.29) is 17.4 Å². The molecule has 0 radical (unpaired) electrons. The number of methoxy groups -OCH3 is 1. The van der Waals surface area contributed by atoms with Gasteiger partial charge in [-0.1, -0.05) is 19.9 Å². The number of rotatable bonds is 10. The standard InChI is InChI=1S/C38H46F2N4O4/c1-5-38(6-2)36(44(37(38)47)32-9-7-8-30(39)35(32)46)29-21-31(40)33(22-34(29)48-4)43-14-12-26(13-15-43)23-41-16-18-42(19-17-41)28-11-10-27(24-45)25(3)20-28/h7-11,20-22,24,26,36,46H,5-6,12-19,23H2,1-4H3. The summed E-state index contributed by atoms with van der Waals surface area (Å²) < 4.78 is 36.3. The molecule has 8 nitrogen and oxygen atoms in total. The monoisotopic (exact) mass is 660 g/mol. The van der Waals surface area contributed by atoms with E-state index in [0.717, 1.165) is 87.8 Å². The molecule has 48 heavy (non-hydrogen) atoms. The van der Waals surface area contributed by atoms with E-state index in [1.165, 1.54) is 30.2 Å². The predicted molar refractivity (Wildman–Crippen MR) is 184 cm³/mol. The van der Waals surface area contributed by atoms with Crippen LogP contribution in [0.5, 0.6) is 11.5 Å². The van der Waals surface area contributed by atoms with Crippen molar-refractivity contribution in [2.24, 2.45) is 11.3 Å². The van der Waals surface area contributed by atoms with Gasteiger partial charge in [0.05, 0.1) is 29.9 Å². The van der Waals surface area contributed by atoms with Crippen molar-refractivity contribution >= 4 is 29.3 Å². The molecule has 3 saturated heterocycles. The van der Waals surface area contributed by atoms with Crippen LogP contribution in [0, 0.1) is 29.9 Å². The van der Waals surface area contributed by atoms with Crippen molar-refractivity contribution in [1.29, 1.82) is 0 Å². The van der Waals surface area contributed by atoms with E-state index in [2.05, 4.69) is 20.8 Å². The number of nitrogens with zero attached hydrogens (tertiary/aromatic N) is 4. The van der Waals surface area contributed by atoms with E-state index in [0.29, 0.717) is 35.8 Å². The number of hydrogen-bond acceptors (Lipinski definition) is 7. The molecule has 3 fully saturated rings. The van der Waals surface area contributed by atoms with Crippen LogP contribution in [0.15, 0.2) is 48.5 Å². The van der Waals surface area contributed by atoms with Gasteiger partial charge in [-0.05, 0) is 80.5 Å². The number of aryl methyl sites for hydroxylation is 1. The number of aldehydes is 1. The van der Waals surface area contributed by atoms with E-state index in [1.807, 2.05) is 32.9 Å². The van der Waals surface area contributed by atoms with Crippen LogP contribution < -0.4 is 19.4 Å². The first-order valence-electron chi connectivity index (χ1n) is 17.1. The molecule has 3 aromatic carbocycles. The zero-order valence-electron chi connectivity index (χ0n) is 28.3. The van der Waals surface area contributed by atoms with Crippen LogP contribution in [0.2, 0.25) is 0 Å². The van der Waals surface area contributed by atoms with Gasteiger partial charge in [-0.25, -0.2) is 8.78 Å². The number of aromatic hydroxyl groups is 1. The number of halogens is 2. The Balaban J connectivity index is 1.13. The number of carbonyl (C=O) groups excluding carboxylic acids is 2. The van der Waals surface area contributed by atoms with Gasteiger partial charge in [-0.15, -0.1) is 0 Å². The maximum atomic E-state index is 16.1. The Hall–Kier alpha value is -4.18. The molecule has 1 atom stereocenters. The van der Waals surface area contributed by atoms with Crippen LogP contribution in [0.4, 0.5) is 25.8 Å². The molecule has 0 spiro atoms. The molecule has 10 heteroatoms. The molecule has 1 N–H and O–H groups in total. The molecular weight excluding hydrogens is 614 g/mol. The number of carbonyl (C=O) groups is 2. The number of β-lactam (4-membered cyclic amide) rings is 1. The number of phenolic OH excluding ortho intramolecular Hbond substituents is 1. The van der Waals surface area contributed by atoms with E-state index >= 15 is 4.39 Å². The van der Waals surface area contributed by atoms with Crippen LogP contribution in [0.25, 0.3) is 0 Å². The molecule has 6 rings (SSSR count). The average molecular weight is 661 g/mol. The van der Waals surface area contributed by atoms with E-state index in [4.69, 9.17) is 4.74 Å². The summed E-state index contributed by atoms with van der Waals surface area (Å²) in [6.07, 6.45) is 3.81. The van der Waals surface area contributed by atoms with Crippen molar-refractivity contribution in [3.05, 3.63) is 76.9 Å². The Morgan fingerprint density at radius 2 is 1.62 bits per heavy atom. The lowest BCUT2D eigenvalue weighted by molar-refractivity contribution is -0.141. The highest BCUT2D eigenvalue weighted by molar-refractivity contribution is 6.07. The van der Waals surface area contributed by atoms with Gasteiger partial charge in [0.15, 0.2) is 11.6 Å². The van der Waals surface area contributed by atoms with Crippen LogP contribution in [-0.2, 0) is 4.79 Å². The summed E-state index contributed by atoms with van der Waals surface area (Å²) in [4.78, 5) is 33.2. The van der Waals surface area contributed by atoms with Crippen LogP contribution >= 0.6 is 0 Å². The molecule has 1 amide bonds. The SMILES string of the molecule is CCC1(CC)C(=O)N(c2cccc(F)c2O)C1c1cc(F)c(N2CCC(CN3CCN(c4ccc(C=O)c(C)c4)CC3)CC2)cc1OC. The Morgan fingerprint density at radius 3 is 2.25 bits per heavy atom. The maximum absolute atomic E-state index is 16.1. The zero-order chi connectivity index (χ0) is 34.2. The molecule has 3 aliphatic rings. The lowest BCUT2D eigenvalue weighted by Gasteiger charge is -2.56. The number of anilines is 3. The second-order valence-corrected chi connectivity index (χ2v) is 13.5. The lowest BCUT2D eigenvalue weighted by atomic mass is 9.64. The quantitative estimate of drug-likeness (QED) is 0.191. The average Bonchev–Trinajstić information content (AvgIpc) is 3.10. The van der Waals surface area contributed by atoms with Gasteiger partial charge in [-0.2, -0.15) is 0 Å². The van der Waals surface area contributed by atoms with Crippen LogP contribution in [-0.4, -0.2) is 75.1 Å². The molecule has 256 valence electrons. The Morgan fingerprint density at radius 1 is 0.917 bits per heavy atom. The highest BCUT2D eigenvalue weighted by Gasteiger charge is 2.60. The van der Waals surface area contributed by atoms with Crippen molar-refractivity contribution in [1.82, 2.24) is 4.90 Å². The third-order valence-electron chi connectivity index (χ3n) is 11.1. The minimum absolute atomic E-state index is 0.0703. The number of piperazine rings is 1. The van der Waals surface area contributed by atoms with Crippen molar-refractivity contribution < 1.29 is 28.2 Å². The number of amides is 1. The fourth-order valence-corrected chi connectivity index (χ4v) is 8.07. The molecule has 0 bridgehead atoms. The maximum Gasteiger partial charge on any atom is 0.236 e. The summed E-state index contributed by atoms with van der Waals surface area (Å²) in [5, 5.41) is 10.5. The van der Waals surface area contributed by atoms with Crippen molar-refractivity contribution in [2.75, 3.05) is 67.6 Å². The first-order valence-corrected chi connectivity index (χ1v) is 17.1. The van der Waals surface area contributed by atoms with Crippen LogP contribution in [0.1, 0.15) is 67.1 Å². The zero-order valence-corrected chi connectivity index (χ0v) is 28.3. The molecule has 0 aliphatic carbocycles. The van der Waals surface area contributed by atoms with Gasteiger partial charge in [0.1, 0.15) is 17.9 Å². The molecule has 3 aromatic rings. The summed E-state index contributed by atoms with van der Waals surface area (Å²) >= 11 is 0. The number of ether oxygens (including phenoxy) is 1. The summed E-state index contributed by atoms with van der Waals surface area (Å²) in [6, 6.07) is 12.7. The van der Waals surface area contributed by atoms with Gasteiger partial charge in [0.25, 0.3) is 0 Å². The molecule has 3 heterocycles. The van der Waals surface area contributed by atoms with Crippen LogP contribution in [0.3, 0.4) is 0 Å². The van der Waals surface area contributed by atoms with Gasteiger partial charge < -0.3 is 19.6 Å². The molecular formula is C38H46F2N4O4.